The number of carboxylic acid groups (broad SMARTS) is 1. The van der Waals surface area contributed by atoms with Crippen molar-refractivity contribution in [2.75, 3.05) is 13.7 Å². The van der Waals surface area contributed by atoms with E-state index in [1.807, 2.05) is 0 Å². The third-order valence-electron chi connectivity index (χ3n) is 3.46. The highest BCUT2D eigenvalue weighted by Crippen LogP contribution is 2.21. The first-order valence-electron chi connectivity index (χ1n) is 7.68. The summed E-state index contributed by atoms with van der Waals surface area (Å²) in [6.45, 7) is 2.51. The molecule has 1 amide bonds. The Labute approximate surface area is 144 Å². The number of hydrogen-bond acceptors (Lipinski definition) is 5. The molecule has 0 aliphatic carbocycles. The smallest absolute Gasteiger partial charge is 0.335 e. The maximum Gasteiger partial charge on any atom is 0.335 e. The van der Waals surface area contributed by atoms with E-state index in [-0.39, 0.29) is 11.5 Å². The number of methoxy groups -OCH3 is 1. The molecule has 2 aromatic rings. The molecule has 0 radical (unpaired) electrons. The fourth-order valence-corrected chi connectivity index (χ4v) is 3.16. The zero-order valence-electron chi connectivity index (χ0n) is 13.7. The van der Waals surface area contributed by atoms with E-state index >= 15 is 0 Å². The number of carbonyl (C=O) groups is 2. The zero-order chi connectivity index (χ0) is 17.5. The average Bonchev–Trinajstić information content (AvgIpc) is 3.04. The van der Waals surface area contributed by atoms with E-state index < -0.39 is 5.97 Å². The molecule has 0 spiro atoms. The maximum absolute atomic E-state index is 12.1. The molecule has 0 aliphatic rings. The van der Waals surface area contributed by atoms with Gasteiger partial charge in [-0.15, -0.1) is 11.3 Å². The Balaban J connectivity index is 1.93. The third-order valence-corrected chi connectivity index (χ3v) is 4.51. The maximum atomic E-state index is 12.1. The minimum atomic E-state index is -0.999. The Kier molecular flexibility index (Phi) is 6.31. The van der Waals surface area contributed by atoms with Gasteiger partial charge in [0.2, 0.25) is 0 Å². The van der Waals surface area contributed by atoms with E-state index in [0.29, 0.717) is 23.6 Å². The molecule has 1 aromatic carbocycles. The van der Waals surface area contributed by atoms with Crippen molar-refractivity contribution in [2.24, 2.45) is 0 Å². The molecule has 0 saturated heterocycles. The second-order valence-corrected chi connectivity index (χ2v) is 6.32. The molecule has 24 heavy (non-hydrogen) atoms. The van der Waals surface area contributed by atoms with Gasteiger partial charge in [0.25, 0.3) is 5.91 Å². The number of aryl methyl sites for hydroxylation is 1. The van der Waals surface area contributed by atoms with Crippen LogP contribution in [-0.2, 0) is 12.8 Å². The second kappa shape index (κ2) is 8.44. The summed E-state index contributed by atoms with van der Waals surface area (Å²) in [4.78, 5) is 27.9. The lowest BCUT2D eigenvalue weighted by atomic mass is 10.1. The number of rotatable bonds is 8. The van der Waals surface area contributed by atoms with E-state index in [1.165, 1.54) is 30.6 Å². The third kappa shape index (κ3) is 4.55. The average molecular weight is 348 g/mol. The first kappa shape index (κ1) is 17.9. The van der Waals surface area contributed by atoms with Crippen LogP contribution in [0.5, 0.6) is 5.75 Å². The fourth-order valence-electron chi connectivity index (χ4n) is 2.23. The molecule has 6 nitrogen and oxygen atoms in total. The van der Waals surface area contributed by atoms with Crippen molar-refractivity contribution in [3.8, 4) is 5.75 Å². The normalized spacial score (nSPS) is 10.4. The number of aromatic carboxylic acids is 1. The van der Waals surface area contributed by atoms with Gasteiger partial charge in [0.1, 0.15) is 10.6 Å². The van der Waals surface area contributed by atoms with E-state index in [2.05, 4.69) is 17.2 Å². The van der Waals surface area contributed by atoms with Gasteiger partial charge >= 0.3 is 5.97 Å². The van der Waals surface area contributed by atoms with Gasteiger partial charge in [-0.1, -0.05) is 13.0 Å². The molecule has 1 heterocycles. The van der Waals surface area contributed by atoms with Gasteiger partial charge in [0.05, 0.1) is 23.9 Å². The molecule has 7 heteroatoms. The van der Waals surface area contributed by atoms with Gasteiger partial charge in [0, 0.05) is 6.54 Å². The van der Waals surface area contributed by atoms with Gasteiger partial charge in [0.15, 0.2) is 0 Å². The highest BCUT2D eigenvalue weighted by Gasteiger charge is 2.12. The van der Waals surface area contributed by atoms with Crippen molar-refractivity contribution in [3.63, 3.8) is 0 Å². The molecular weight excluding hydrogens is 328 g/mol. The van der Waals surface area contributed by atoms with Crippen LogP contribution in [0.25, 0.3) is 0 Å². The number of amides is 1. The predicted octanol–water partition coefficient (Wildman–Crippen LogP) is 2.77. The van der Waals surface area contributed by atoms with Gasteiger partial charge in [-0.3, -0.25) is 4.79 Å². The number of benzene rings is 1. The topological polar surface area (TPSA) is 88.5 Å². The van der Waals surface area contributed by atoms with Crippen LogP contribution in [0.1, 0.15) is 43.9 Å². The Bertz CT molecular complexity index is 727. The van der Waals surface area contributed by atoms with E-state index in [1.54, 1.807) is 12.3 Å². The summed E-state index contributed by atoms with van der Waals surface area (Å²) >= 11 is 1.41. The summed E-state index contributed by atoms with van der Waals surface area (Å²) in [5.74, 6) is -0.635. The zero-order valence-corrected chi connectivity index (χ0v) is 14.5. The lowest BCUT2D eigenvalue weighted by Crippen LogP contribution is -2.25. The Morgan fingerprint density at radius 2 is 2.12 bits per heavy atom. The van der Waals surface area contributed by atoms with E-state index in [4.69, 9.17) is 9.84 Å². The summed E-state index contributed by atoms with van der Waals surface area (Å²) < 4.78 is 5.22. The fraction of sp³-hybridized carbons (Fsp3) is 0.353. The van der Waals surface area contributed by atoms with Crippen LogP contribution in [0.15, 0.2) is 24.4 Å². The Morgan fingerprint density at radius 3 is 2.79 bits per heavy atom. The van der Waals surface area contributed by atoms with Crippen LogP contribution in [0.2, 0.25) is 0 Å². The van der Waals surface area contributed by atoms with Crippen molar-refractivity contribution < 1.29 is 19.4 Å². The van der Waals surface area contributed by atoms with Gasteiger partial charge in [-0.2, -0.15) is 0 Å². The number of aromatic nitrogens is 1. The second-order valence-electron chi connectivity index (χ2n) is 5.21. The Morgan fingerprint density at radius 1 is 1.33 bits per heavy atom. The number of nitrogens with one attached hydrogen (secondary N) is 1. The van der Waals surface area contributed by atoms with Crippen molar-refractivity contribution in [2.45, 2.75) is 26.2 Å². The minimum Gasteiger partial charge on any atom is -0.496 e. The molecule has 0 unspecified atom stereocenters. The predicted molar refractivity (Wildman–Crippen MR) is 92.1 cm³/mol. The van der Waals surface area contributed by atoms with E-state index in [9.17, 15) is 9.59 Å². The molecule has 0 fully saturated rings. The Hall–Kier alpha value is -2.41. The van der Waals surface area contributed by atoms with Gasteiger partial charge in [-0.05, 0) is 37.0 Å². The number of carbonyl (C=O) groups excluding carboxylic acids is 1. The molecule has 2 N–H and O–H groups in total. The molecule has 0 atom stereocenters. The molecule has 0 bridgehead atoms. The number of ether oxygens (including phenoxy) is 1. The van der Waals surface area contributed by atoms with Crippen LogP contribution in [0, 0.1) is 0 Å². The summed E-state index contributed by atoms with van der Waals surface area (Å²) in [6.07, 6.45) is 4.04. The van der Waals surface area contributed by atoms with Crippen molar-refractivity contribution >= 4 is 23.2 Å². The summed E-state index contributed by atoms with van der Waals surface area (Å²) in [5, 5.41) is 12.8. The van der Waals surface area contributed by atoms with Crippen LogP contribution in [-0.4, -0.2) is 35.6 Å². The summed E-state index contributed by atoms with van der Waals surface area (Å²) in [6, 6.07) is 4.72. The minimum absolute atomic E-state index is 0.143. The molecule has 1 aromatic heterocycles. The van der Waals surface area contributed by atoms with Crippen molar-refractivity contribution in [1.82, 2.24) is 10.3 Å². The lowest BCUT2D eigenvalue weighted by molar-refractivity contribution is 0.0696. The first-order chi connectivity index (χ1) is 11.5. The highest BCUT2D eigenvalue weighted by atomic mass is 32.1. The monoisotopic (exact) mass is 348 g/mol. The molecule has 128 valence electrons. The van der Waals surface area contributed by atoms with Crippen molar-refractivity contribution in [1.29, 1.82) is 0 Å². The summed E-state index contributed by atoms with van der Waals surface area (Å²) in [7, 11) is 1.50. The lowest BCUT2D eigenvalue weighted by Gasteiger charge is -2.10. The molecule has 0 saturated carbocycles. The first-order valence-corrected chi connectivity index (χ1v) is 8.50. The van der Waals surface area contributed by atoms with Crippen LogP contribution in [0.3, 0.4) is 0 Å². The summed E-state index contributed by atoms with van der Waals surface area (Å²) in [5.41, 5.74) is 1.02. The number of carboxylic acids is 1. The number of hydrogen-bond donors (Lipinski definition) is 2. The number of thiazole rings is 1. The molecular formula is C17H20N2O4S. The number of nitrogens with zero attached hydrogens (tertiary/aromatic N) is 1. The largest absolute Gasteiger partial charge is 0.496 e. The standard InChI is InChI=1S/C17H20N2O4S/c1-3-4-15-19-10-14(24-15)16(20)18-8-7-11-5-6-12(17(21)22)9-13(11)23-2/h5-6,9-10H,3-4,7-8H2,1-2H3,(H,18,20)(H,21,22). The highest BCUT2D eigenvalue weighted by molar-refractivity contribution is 7.13. The van der Waals surface area contributed by atoms with Crippen LogP contribution in [0.4, 0.5) is 0 Å². The van der Waals surface area contributed by atoms with Crippen molar-refractivity contribution in [3.05, 3.63) is 45.4 Å². The van der Waals surface area contributed by atoms with Crippen LogP contribution < -0.4 is 10.1 Å². The SMILES string of the molecule is CCCc1ncc(C(=O)NCCc2ccc(C(=O)O)cc2OC)s1. The van der Waals surface area contributed by atoms with E-state index in [0.717, 1.165) is 23.4 Å². The molecule has 0 aliphatic heterocycles. The van der Waals surface area contributed by atoms with Crippen LogP contribution >= 0.6 is 11.3 Å². The van der Waals surface area contributed by atoms with Gasteiger partial charge < -0.3 is 15.2 Å². The molecule has 2 rings (SSSR count). The quantitative estimate of drug-likeness (QED) is 0.766. The van der Waals surface area contributed by atoms with Gasteiger partial charge in [-0.25, -0.2) is 9.78 Å².